The van der Waals surface area contributed by atoms with Crippen LogP contribution in [0, 0.1) is 0 Å². The normalized spacial score (nSPS) is 21.9. The number of hydrogen-bond donors (Lipinski definition) is 1. The molecular formula is C10H13ClN2O3S. The largest absolute Gasteiger partial charge is 0.395 e. The number of sulfonamides is 1. The summed E-state index contributed by atoms with van der Waals surface area (Å²) in [6, 6.07) is 1.09. The Bertz CT molecular complexity index is 506. The van der Waals surface area contributed by atoms with Crippen LogP contribution in [0.15, 0.2) is 23.4 Å². The molecule has 1 aliphatic heterocycles. The molecule has 1 atom stereocenters. The average molecular weight is 277 g/mol. The molecule has 5 nitrogen and oxygen atoms in total. The minimum absolute atomic E-state index is 0.00187. The zero-order chi connectivity index (χ0) is 12.5. The summed E-state index contributed by atoms with van der Waals surface area (Å²) in [7, 11) is -3.65. The van der Waals surface area contributed by atoms with Crippen molar-refractivity contribution in [2.24, 2.45) is 0 Å². The predicted octanol–water partition coefficient (Wildman–Crippen LogP) is 0.880. The molecule has 0 aliphatic carbocycles. The van der Waals surface area contributed by atoms with E-state index in [1.165, 1.54) is 22.8 Å². The van der Waals surface area contributed by atoms with E-state index in [0.29, 0.717) is 13.0 Å². The quantitative estimate of drug-likeness (QED) is 0.890. The van der Waals surface area contributed by atoms with E-state index in [1.54, 1.807) is 0 Å². The fourth-order valence-corrected chi connectivity index (χ4v) is 4.08. The van der Waals surface area contributed by atoms with Crippen LogP contribution in [0.1, 0.15) is 12.8 Å². The van der Waals surface area contributed by atoms with Gasteiger partial charge in [0.05, 0.1) is 11.6 Å². The Hall–Kier alpha value is -0.690. The Kier molecular flexibility index (Phi) is 3.67. The highest BCUT2D eigenvalue weighted by Crippen LogP contribution is 2.29. The van der Waals surface area contributed by atoms with Gasteiger partial charge >= 0.3 is 0 Å². The van der Waals surface area contributed by atoms with Gasteiger partial charge < -0.3 is 5.11 Å². The summed E-state index contributed by atoms with van der Waals surface area (Å²) >= 11 is 5.87. The van der Waals surface area contributed by atoms with Crippen molar-refractivity contribution in [2.75, 3.05) is 13.2 Å². The molecule has 1 N–H and O–H groups in total. The van der Waals surface area contributed by atoms with Crippen LogP contribution in [-0.4, -0.2) is 42.0 Å². The SMILES string of the molecule is O=S(=O)(c1cnccc1Cl)N1CCC[C@@H]1CO. The minimum Gasteiger partial charge on any atom is -0.395 e. The number of halogens is 1. The van der Waals surface area contributed by atoms with Crippen LogP contribution in [0.3, 0.4) is 0 Å². The van der Waals surface area contributed by atoms with Gasteiger partial charge in [-0.1, -0.05) is 11.6 Å². The third-order valence-electron chi connectivity index (χ3n) is 2.85. The Balaban J connectivity index is 2.40. The van der Waals surface area contributed by atoms with E-state index < -0.39 is 10.0 Å². The summed E-state index contributed by atoms with van der Waals surface area (Å²) in [5.74, 6) is 0. The maximum atomic E-state index is 12.3. The summed E-state index contributed by atoms with van der Waals surface area (Å²) in [4.78, 5) is 3.78. The molecule has 0 amide bonds. The smallest absolute Gasteiger partial charge is 0.246 e. The maximum absolute atomic E-state index is 12.3. The van der Waals surface area contributed by atoms with Crippen molar-refractivity contribution in [3.8, 4) is 0 Å². The van der Waals surface area contributed by atoms with E-state index in [-0.39, 0.29) is 22.6 Å². The van der Waals surface area contributed by atoms with Gasteiger partial charge in [-0.2, -0.15) is 4.31 Å². The van der Waals surface area contributed by atoms with Gasteiger partial charge in [0.15, 0.2) is 0 Å². The topological polar surface area (TPSA) is 70.5 Å². The number of aliphatic hydroxyl groups excluding tert-OH is 1. The highest BCUT2D eigenvalue weighted by molar-refractivity contribution is 7.89. The van der Waals surface area contributed by atoms with Crippen LogP contribution in [-0.2, 0) is 10.0 Å². The molecule has 0 spiro atoms. The predicted molar refractivity (Wildman–Crippen MR) is 63.2 cm³/mol. The van der Waals surface area contributed by atoms with Gasteiger partial charge in [0.1, 0.15) is 4.90 Å². The fraction of sp³-hybridized carbons (Fsp3) is 0.500. The second-order valence-corrected chi connectivity index (χ2v) is 6.17. The molecule has 0 unspecified atom stereocenters. The van der Waals surface area contributed by atoms with Crippen molar-refractivity contribution in [2.45, 2.75) is 23.8 Å². The molecule has 94 valence electrons. The van der Waals surface area contributed by atoms with Gasteiger partial charge in [-0.05, 0) is 18.9 Å². The summed E-state index contributed by atoms with van der Waals surface area (Å²) in [5, 5.41) is 9.32. The Morgan fingerprint density at radius 1 is 1.59 bits per heavy atom. The Morgan fingerprint density at radius 2 is 2.35 bits per heavy atom. The number of aromatic nitrogens is 1. The van der Waals surface area contributed by atoms with Crippen molar-refractivity contribution >= 4 is 21.6 Å². The van der Waals surface area contributed by atoms with E-state index in [9.17, 15) is 8.42 Å². The first-order valence-corrected chi connectivity index (χ1v) is 7.11. The average Bonchev–Trinajstić information content (AvgIpc) is 2.78. The van der Waals surface area contributed by atoms with E-state index in [0.717, 1.165) is 6.42 Å². The molecule has 1 aliphatic rings. The lowest BCUT2D eigenvalue weighted by Gasteiger charge is -2.22. The van der Waals surface area contributed by atoms with Gasteiger partial charge in [-0.25, -0.2) is 8.42 Å². The molecule has 0 aromatic carbocycles. The molecule has 17 heavy (non-hydrogen) atoms. The first-order chi connectivity index (χ1) is 8.07. The molecule has 7 heteroatoms. The van der Waals surface area contributed by atoms with Crippen molar-refractivity contribution in [3.05, 3.63) is 23.5 Å². The fourth-order valence-electron chi connectivity index (χ4n) is 1.99. The monoisotopic (exact) mass is 276 g/mol. The first-order valence-electron chi connectivity index (χ1n) is 5.29. The second-order valence-electron chi connectivity index (χ2n) is 3.90. The summed E-state index contributed by atoms with van der Waals surface area (Å²) in [6.45, 7) is 0.246. The van der Waals surface area contributed by atoms with Crippen LogP contribution in [0.2, 0.25) is 5.02 Å². The molecule has 1 fully saturated rings. The summed E-state index contributed by atoms with van der Waals surface area (Å²) < 4.78 is 25.9. The molecule has 0 radical (unpaired) electrons. The molecule has 2 heterocycles. The molecular weight excluding hydrogens is 264 g/mol. The third kappa shape index (κ3) is 2.30. The lowest BCUT2D eigenvalue weighted by Crippen LogP contribution is -2.37. The number of nitrogens with zero attached hydrogens (tertiary/aromatic N) is 2. The van der Waals surface area contributed by atoms with Gasteiger partial charge in [-0.3, -0.25) is 4.98 Å². The summed E-state index contributed by atoms with van der Waals surface area (Å²) in [5.41, 5.74) is 0. The Labute approximate surface area is 105 Å². The van der Waals surface area contributed by atoms with E-state index in [4.69, 9.17) is 16.7 Å². The Morgan fingerprint density at radius 3 is 3.00 bits per heavy atom. The third-order valence-corrected chi connectivity index (χ3v) is 5.28. The van der Waals surface area contributed by atoms with Crippen molar-refractivity contribution in [3.63, 3.8) is 0 Å². The van der Waals surface area contributed by atoms with Crippen molar-refractivity contribution in [1.29, 1.82) is 0 Å². The molecule has 1 aromatic heterocycles. The number of hydrogen-bond acceptors (Lipinski definition) is 4. The molecule has 2 rings (SSSR count). The highest BCUT2D eigenvalue weighted by atomic mass is 35.5. The maximum Gasteiger partial charge on any atom is 0.246 e. The zero-order valence-electron chi connectivity index (χ0n) is 9.08. The lowest BCUT2D eigenvalue weighted by atomic mass is 10.2. The molecule has 0 saturated carbocycles. The molecule has 1 aromatic rings. The van der Waals surface area contributed by atoms with Crippen LogP contribution in [0.4, 0.5) is 0 Å². The van der Waals surface area contributed by atoms with E-state index in [1.807, 2.05) is 0 Å². The minimum atomic E-state index is -3.65. The molecule has 0 bridgehead atoms. The van der Waals surface area contributed by atoms with Crippen LogP contribution >= 0.6 is 11.6 Å². The number of aliphatic hydroxyl groups is 1. The second kappa shape index (κ2) is 4.89. The van der Waals surface area contributed by atoms with Gasteiger partial charge in [0, 0.05) is 25.0 Å². The lowest BCUT2D eigenvalue weighted by molar-refractivity contribution is 0.213. The van der Waals surface area contributed by atoms with Crippen LogP contribution < -0.4 is 0 Å². The highest BCUT2D eigenvalue weighted by Gasteiger charge is 2.35. The van der Waals surface area contributed by atoms with Crippen LogP contribution in [0.25, 0.3) is 0 Å². The van der Waals surface area contributed by atoms with Gasteiger partial charge in [-0.15, -0.1) is 0 Å². The van der Waals surface area contributed by atoms with Gasteiger partial charge in [0.2, 0.25) is 10.0 Å². The van der Waals surface area contributed by atoms with Gasteiger partial charge in [0.25, 0.3) is 0 Å². The zero-order valence-corrected chi connectivity index (χ0v) is 10.7. The molecule has 1 saturated heterocycles. The standard InChI is InChI=1S/C10H13ClN2O3S/c11-9-3-4-12-6-10(9)17(15,16)13-5-1-2-8(13)7-14/h3-4,6,8,14H,1-2,5,7H2/t8-/m1/s1. The number of pyridine rings is 1. The van der Waals surface area contributed by atoms with E-state index in [2.05, 4.69) is 4.98 Å². The number of rotatable bonds is 3. The van der Waals surface area contributed by atoms with E-state index >= 15 is 0 Å². The first kappa shape index (κ1) is 12.8. The van der Waals surface area contributed by atoms with Crippen LogP contribution in [0.5, 0.6) is 0 Å². The van der Waals surface area contributed by atoms with Crippen molar-refractivity contribution < 1.29 is 13.5 Å². The van der Waals surface area contributed by atoms with Crippen molar-refractivity contribution in [1.82, 2.24) is 9.29 Å². The summed E-state index contributed by atoms with van der Waals surface area (Å²) in [6.07, 6.45) is 4.11.